The van der Waals surface area contributed by atoms with E-state index in [0.29, 0.717) is 21.3 Å². The summed E-state index contributed by atoms with van der Waals surface area (Å²) >= 11 is 12.1. The highest BCUT2D eigenvalue weighted by Gasteiger charge is 2.38. The van der Waals surface area contributed by atoms with Crippen molar-refractivity contribution in [3.63, 3.8) is 0 Å². The van der Waals surface area contributed by atoms with Crippen molar-refractivity contribution in [2.24, 2.45) is 0 Å². The van der Waals surface area contributed by atoms with Gasteiger partial charge in [0, 0.05) is 17.6 Å². The van der Waals surface area contributed by atoms with Crippen molar-refractivity contribution in [2.45, 2.75) is 6.17 Å². The lowest BCUT2D eigenvalue weighted by Crippen LogP contribution is -2.32. The highest BCUT2D eigenvalue weighted by atomic mass is 35.5. The Balaban J connectivity index is 1.78. The molecule has 25 heavy (non-hydrogen) atoms. The van der Waals surface area contributed by atoms with Gasteiger partial charge < -0.3 is 5.32 Å². The van der Waals surface area contributed by atoms with Gasteiger partial charge in [0.05, 0.1) is 21.3 Å². The van der Waals surface area contributed by atoms with Gasteiger partial charge >= 0.3 is 0 Å². The van der Waals surface area contributed by atoms with Crippen LogP contribution in [-0.2, 0) is 0 Å². The fourth-order valence-corrected chi connectivity index (χ4v) is 3.22. The molecule has 1 aliphatic heterocycles. The second-order valence-corrected chi connectivity index (χ2v) is 6.44. The maximum Gasteiger partial charge on any atom is 0.262 e. The molecule has 0 bridgehead atoms. The van der Waals surface area contributed by atoms with Crippen LogP contribution in [0.25, 0.3) is 0 Å². The standard InChI is InChI=1S/C19H13Cl2N3O/c20-15-9-8-12(11-16(15)21)23-18-17-14(7-4-10-22-17)19(25)24(18)13-5-2-1-3-6-13/h1-11,18,23H/t18-/m0/s1. The second kappa shape index (κ2) is 6.39. The minimum Gasteiger partial charge on any atom is -0.360 e. The van der Waals surface area contributed by atoms with E-state index in [0.717, 1.165) is 11.4 Å². The second-order valence-electron chi connectivity index (χ2n) is 5.62. The van der Waals surface area contributed by atoms with E-state index in [4.69, 9.17) is 23.2 Å². The number of para-hydroxylation sites is 1. The molecule has 1 atom stereocenters. The number of halogens is 2. The van der Waals surface area contributed by atoms with Gasteiger partial charge in [-0.25, -0.2) is 0 Å². The zero-order chi connectivity index (χ0) is 17.4. The van der Waals surface area contributed by atoms with Gasteiger partial charge in [-0.05, 0) is 42.5 Å². The Kier molecular flexibility index (Phi) is 4.07. The predicted octanol–water partition coefficient (Wildman–Crippen LogP) is 5.16. The van der Waals surface area contributed by atoms with Gasteiger partial charge in [-0.2, -0.15) is 0 Å². The molecule has 124 valence electrons. The first-order valence-electron chi connectivity index (χ1n) is 7.70. The van der Waals surface area contributed by atoms with Gasteiger partial charge in [-0.1, -0.05) is 41.4 Å². The summed E-state index contributed by atoms with van der Waals surface area (Å²) in [5, 5.41) is 4.27. The number of hydrogen-bond donors (Lipinski definition) is 1. The molecular weight excluding hydrogens is 357 g/mol. The van der Waals surface area contributed by atoms with Gasteiger partial charge in [0.2, 0.25) is 0 Å². The number of hydrogen-bond acceptors (Lipinski definition) is 3. The number of aromatic nitrogens is 1. The molecule has 4 rings (SSSR count). The van der Waals surface area contributed by atoms with Crippen molar-refractivity contribution in [1.29, 1.82) is 0 Å². The Bertz CT molecular complexity index is 946. The van der Waals surface area contributed by atoms with Crippen LogP contribution in [0, 0.1) is 0 Å². The summed E-state index contributed by atoms with van der Waals surface area (Å²) in [5.41, 5.74) is 2.82. The lowest BCUT2D eigenvalue weighted by Gasteiger charge is -2.26. The van der Waals surface area contributed by atoms with Gasteiger partial charge in [0.25, 0.3) is 5.91 Å². The van der Waals surface area contributed by atoms with Gasteiger partial charge in [0.15, 0.2) is 6.17 Å². The summed E-state index contributed by atoms with van der Waals surface area (Å²) in [4.78, 5) is 19.0. The summed E-state index contributed by atoms with van der Waals surface area (Å²) < 4.78 is 0. The molecule has 3 aromatic rings. The zero-order valence-corrected chi connectivity index (χ0v) is 14.5. The van der Waals surface area contributed by atoms with E-state index in [2.05, 4.69) is 10.3 Å². The molecule has 0 fully saturated rings. The van der Waals surface area contributed by atoms with Crippen LogP contribution in [0.1, 0.15) is 22.2 Å². The fraction of sp³-hybridized carbons (Fsp3) is 0.0526. The Labute approximate surface area is 155 Å². The van der Waals surface area contributed by atoms with Crippen LogP contribution in [-0.4, -0.2) is 10.9 Å². The summed E-state index contributed by atoms with van der Waals surface area (Å²) in [5.74, 6) is -0.0909. The van der Waals surface area contributed by atoms with Crippen LogP contribution in [0.3, 0.4) is 0 Å². The molecule has 4 nitrogen and oxygen atoms in total. The van der Waals surface area contributed by atoms with E-state index in [9.17, 15) is 4.79 Å². The quantitative estimate of drug-likeness (QED) is 0.693. The molecular formula is C19H13Cl2N3O. The van der Waals surface area contributed by atoms with Crippen LogP contribution in [0.2, 0.25) is 10.0 Å². The SMILES string of the molecule is O=C1c2cccnc2[C@@H](Nc2ccc(Cl)c(Cl)c2)N1c1ccccc1. The molecule has 0 saturated carbocycles. The van der Waals surface area contributed by atoms with E-state index in [1.165, 1.54) is 0 Å². The molecule has 1 N–H and O–H groups in total. The number of pyridine rings is 1. The van der Waals surface area contributed by atoms with Crippen molar-refractivity contribution in [3.05, 3.63) is 88.2 Å². The summed E-state index contributed by atoms with van der Waals surface area (Å²) in [7, 11) is 0. The Morgan fingerprint density at radius 1 is 0.960 bits per heavy atom. The van der Waals surface area contributed by atoms with Gasteiger partial charge in [-0.3, -0.25) is 14.7 Å². The molecule has 1 aliphatic rings. The van der Waals surface area contributed by atoms with Gasteiger partial charge in [-0.15, -0.1) is 0 Å². The third-order valence-electron chi connectivity index (χ3n) is 4.06. The van der Waals surface area contributed by atoms with Crippen molar-refractivity contribution < 1.29 is 4.79 Å². The monoisotopic (exact) mass is 369 g/mol. The van der Waals surface area contributed by atoms with Gasteiger partial charge in [0.1, 0.15) is 0 Å². The van der Waals surface area contributed by atoms with E-state index in [1.54, 1.807) is 35.4 Å². The largest absolute Gasteiger partial charge is 0.360 e. The molecule has 0 saturated heterocycles. The number of rotatable bonds is 3. The number of anilines is 2. The lowest BCUT2D eigenvalue weighted by molar-refractivity contribution is 0.0993. The third-order valence-corrected chi connectivity index (χ3v) is 4.80. The van der Waals surface area contributed by atoms with Crippen molar-refractivity contribution in [1.82, 2.24) is 4.98 Å². The summed E-state index contributed by atoms with van der Waals surface area (Å²) in [6.45, 7) is 0. The topological polar surface area (TPSA) is 45.2 Å². The van der Waals surface area contributed by atoms with Crippen molar-refractivity contribution in [2.75, 3.05) is 10.2 Å². The summed E-state index contributed by atoms with van der Waals surface area (Å²) in [6.07, 6.45) is 1.26. The van der Waals surface area contributed by atoms with Crippen LogP contribution < -0.4 is 10.2 Å². The Hall–Kier alpha value is -2.56. The number of fused-ring (bicyclic) bond motifs is 1. The Morgan fingerprint density at radius 2 is 1.76 bits per heavy atom. The number of nitrogens with zero attached hydrogens (tertiary/aromatic N) is 2. The first kappa shape index (κ1) is 15.9. The van der Waals surface area contributed by atoms with Crippen LogP contribution in [0.5, 0.6) is 0 Å². The van der Waals surface area contributed by atoms with E-state index >= 15 is 0 Å². The highest BCUT2D eigenvalue weighted by molar-refractivity contribution is 6.42. The first-order valence-corrected chi connectivity index (χ1v) is 8.46. The molecule has 2 heterocycles. The van der Waals surface area contributed by atoms with Crippen molar-refractivity contribution in [3.8, 4) is 0 Å². The number of carbonyl (C=O) groups excluding carboxylic acids is 1. The number of nitrogens with one attached hydrogen (secondary N) is 1. The maximum atomic E-state index is 12.9. The molecule has 0 radical (unpaired) electrons. The number of carbonyl (C=O) groups is 1. The average Bonchev–Trinajstić information content (AvgIpc) is 2.91. The average molecular weight is 370 g/mol. The minimum absolute atomic E-state index is 0.0909. The first-order chi connectivity index (χ1) is 12.1. The molecule has 6 heteroatoms. The summed E-state index contributed by atoms with van der Waals surface area (Å²) in [6, 6.07) is 18.3. The molecule has 1 aromatic heterocycles. The van der Waals surface area contributed by atoms with Crippen LogP contribution >= 0.6 is 23.2 Å². The molecule has 0 unspecified atom stereocenters. The molecule has 0 spiro atoms. The van der Waals surface area contributed by atoms with Crippen LogP contribution in [0.4, 0.5) is 11.4 Å². The normalized spacial score (nSPS) is 16.0. The fourth-order valence-electron chi connectivity index (χ4n) is 2.92. The molecule has 2 aromatic carbocycles. The van der Waals surface area contributed by atoms with Crippen molar-refractivity contribution >= 4 is 40.5 Å². The highest BCUT2D eigenvalue weighted by Crippen LogP contribution is 2.37. The maximum absolute atomic E-state index is 12.9. The van der Waals surface area contributed by atoms with Crippen LogP contribution in [0.15, 0.2) is 66.9 Å². The third kappa shape index (κ3) is 2.84. The zero-order valence-electron chi connectivity index (χ0n) is 13.0. The van der Waals surface area contributed by atoms with E-state index in [1.807, 2.05) is 36.4 Å². The minimum atomic E-state index is -0.427. The van der Waals surface area contributed by atoms with E-state index < -0.39 is 6.17 Å². The molecule has 0 aliphatic carbocycles. The number of amides is 1. The smallest absolute Gasteiger partial charge is 0.262 e. The molecule has 1 amide bonds. The van der Waals surface area contributed by atoms with E-state index in [-0.39, 0.29) is 5.91 Å². The predicted molar refractivity (Wildman–Crippen MR) is 100 cm³/mol. The Morgan fingerprint density at radius 3 is 2.52 bits per heavy atom. The number of benzene rings is 2. The lowest BCUT2D eigenvalue weighted by atomic mass is 10.2.